The Morgan fingerprint density at radius 2 is 1.56 bits per heavy atom. The molecule has 0 spiro atoms. The molecule has 4 rings (SSSR count). The minimum atomic E-state index is -4.12. The lowest BCUT2D eigenvalue weighted by atomic mass is 9.95. The summed E-state index contributed by atoms with van der Waals surface area (Å²) in [4.78, 5) is 29.0. The van der Waals surface area contributed by atoms with Crippen molar-refractivity contribution in [2.24, 2.45) is 0 Å². The molecule has 0 radical (unpaired) electrons. The summed E-state index contributed by atoms with van der Waals surface area (Å²) >= 11 is 0. The fourth-order valence-corrected chi connectivity index (χ4v) is 6.46. The van der Waals surface area contributed by atoms with Gasteiger partial charge in [-0.1, -0.05) is 67.3 Å². The number of amides is 2. The monoisotopic (exact) mass is 577 g/mol. The van der Waals surface area contributed by atoms with Gasteiger partial charge in [0.2, 0.25) is 11.8 Å². The Hall–Kier alpha value is -3.85. The number of benzene rings is 3. The van der Waals surface area contributed by atoms with Crippen LogP contribution in [0.4, 0.5) is 5.69 Å². The fraction of sp³-hybridized carbons (Fsp3) is 0.375. The Bertz CT molecular complexity index is 1400. The van der Waals surface area contributed by atoms with Crippen molar-refractivity contribution in [3.05, 3.63) is 90.0 Å². The van der Waals surface area contributed by atoms with Crippen LogP contribution in [-0.2, 0) is 26.2 Å². The number of nitrogens with zero attached hydrogens (tertiary/aromatic N) is 2. The molecule has 3 aromatic rings. The van der Waals surface area contributed by atoms with Gasteiger partial charge >= 0.3 is 0 Å². The van der Waals surface area contributed by atoms with Gasteiger partial charge in [0.05, 0.1) is 17.7 Å². The average Bonchev–Trinajstić information content (AvgIpc) is 2.99. The largest absolute Gasteiger partial charge is 0.497 e. The summed E-state index contributed by atoms with van der Waals surface area (Å²) in [5, 5.41) is 3.12. The molecule has 0 bridgehead atoms. The van der Waals surface area contributed by atoms with Crippen LogP contribution in [0.1, 0.15) is 50.2 Å². The first-order chi connectivity index (χ1) is 19.7. The van der Waals surface area contributed by atoms with Crippen molar-refractivity contribution in [1.82, 2.24) is 10.2 Å². The highest BCUT2D eigenvalue weighted by Crippen LogP contribution is 2.27. The number of aryl methyl sites for hydroxylation is 1. The summed E-state index contributed by atoms with van der Waals surface area (Å²) < 4.78 is 34.2. The van der Waals surface area contributed by atoms with Gasteiger partial charge in [0.25, 0.3) is 10.0 Å². The molecular formula is C32H39N3O5S. The molecule has 1 unspecified atom stereocenters. The summed E-state index contributed by atoms with van der Waals surface area (Å²) in [6.45, 7) is 3.27. The number of anilines is 1. The molecular weight excluding hydrogens is 538 g/mol. The number of rotatable bonds is 11. The number of ether oxygens (including phenoxy) is 1. The third-order valence-electron chi connectivity index (χ3n) is 7.56. The lowest BCUT2D eigenvalue weighted by Crippen LogP contribution is -2.53. The zero-order valence-corrected chi connectivity index (χ0v) is 24.8. The summed E-state index contributed by atoms with van der Waals surface area (Å²) in [5.41, 5.74) is 2.08. The van der Waals surface area contributed by atoms with Gasteiger partial charge in [0, 0.05) is 12.6 Å². The van der Waals surface area contributed by atoms with Crippen molar-refractivity contribution in [2.75, 3.05) is 18.0 Å². The highest BCUT2D eigenvalue weighted by atomic mass is 32.2. The zero-order chi connectivity index (χ0) is 29.4. The maximum absolute atomic E-state index is 14.0. The van der Waals surface area contributed by atoms with Gasteiger partial charge in [-0.2, -0.15) is 0 Å². The van der Waals surface area contributed by atoms with E-state index < -0.39 is 28.5 Å². The maximum atomic E-state index is 14.0. The summed E-state index contributed by atoms with van der Waals surface area (Å²) in [6.07, 6.45) is 5.15. The number of hydrogen-bond donors (Lipinski definition) is 1. The van der Waals surface area contributed by atoms with E-state index in [0.29, 0.717) is 11.4 Å². The van der Waals surface area contributed by atoms with Crippen LogP contribution in [-0.4, -0.2) is 50.9 Å². The van der Waals surface area contributed by atoms with E-state index in [1.165, 1.54) is 24.1 Å². The number of hydrogen-bond acceptors (Lipinski definition) is 5. The second-order valence-electron chi connectivity index (χ2n) is 10.5. The maximum Gasteiger partial charge on any atom is 0.264 e. The molecule has 0 aliphatic heterocycles. The standard InChI is InChI=1S/C32H39N3O5S/c1-24-14-20-30(21-15-24)41(38,39)35(28-16-18-29(40-3)19-17-28)23-31(36)34(22-26-10-6-4-7-11-26)25(2)32(37)33-27-12-8-5-9-13-27/h4,6-7,10-11,14-21,25,27H,5,8-9,12-13,22-23H2,1-3H3,(H,33,37). The lowest BCUT2D eigenvalue weighted by Gasteiger charge is -2.33. The van der Waals surface area contributed by atoms with E-state index in [9.17, 15) is 18.0 Å². The van der Waals surface area contributed by atoms with Crippen molar-refractivity contribution in [3.8, 4) is 5.75 Å². The Kier molecular flexibility index (Phi) is 10.0. The number of nitrogens with one attached hydrogen (secondary N) is 1. The molecule has 1 aliphatic rings. The molecule has 9 heteroatoms. The predicted molar refractivity (Wildman–Crippen MR) is 160 cm³/mol. The number of methoxy groups -OCH3 is 1. The van der Waals surface area contributed by atoms with Gasteiger partial charge in [0.1, 0.15) is 18.3 Å². The van der Waals surface area contributed by atoms with E-state index in [-0.39, 0.29) is 23.4 Å². The molecule has 41 heavy (non-hydrogen) atoms. The molecule has 1 aliphatic carbocycles. The number of carbonyl (C=O) groups excluding carboxylic acids is 2. The summed E-state index contributed by atoms with van der Waals surface area (Å²) in [6, 6.07) is 21.7. The molecule has 218 valence electrons. The van der Waals surface area contributed by atoms with Crippen LogP contribution in [0.2, 0.25) is 0 Å². The summed E-state index contributed by atoms with van der Waals surface area (Å²) in [7, 11) is -2.59. The van der Waals surface area contributed by atoms with E-state index in [4.69, 9.17) is 4.74 Å². The van der Waals surface area contributed by atoms with Crippen LogP contribution in [0.3, 0.4) is 0 Å². The molecule has 1 saturated carbocycles. The Morgan fingerprint density at radius 1 is 0.927 bits per heavy atom. The third kappa shape index (κ3) is 7.67. The molecule has 1 fully saturated rings. The van der Waals surface area contributed by atoms with E-state index in [1.807, 2.05) is 37.3 Å². The number of sulfonamides is 1. The van der Waals surface area contributed by atoms with Crippen molar-refractivity contribution in [1.29, 1.82) is 0 Å². The molecule has 3 aromatic carbocycles. The smallest absolute Gasteiger partial charge is 0.264 e. The van der Waals surface area contributed by atoms with Crippen molar-refractivity contribution >= 4 is 27.5 Å². The SMILES string of the molecule is COc1ccc(N(CC(=O)N(Cc2ccccc2)C(C)C(=O)NC2CCCCC2)S(=O)(=O)c2ccc(C)cc2)cc1. The second kappa shape index (κ2) is 13.7. The van der Waals surface area contributed by atoms with Crippen LogP contribution in [0.25, 0.3) is 0 Å². The summed E-state index contributed by atoms with van der Waals surface area (Å²) in [5.74, 6) is -0.156. The van der Waals surface area contributed by atoms with Crippen LogP contribution in [0.5, 0.6) is 5.75 Å². The van der Waals surface area contributed by atoms with Crippen LogP contribution < -0.4 is 14.4 Å². The first kappa shape index (κ1) is 30.1. The molecule has 8 nitrogen and oxygen atoms in total. The minimum absolute atomic E-state index is 0.0735. The van der Waals surface area contributed by atoms with Crippen molar-refractivity contribution < 1.29 is 22.7 Å². The highest BCUT2D eigenvalue weighted by molar-refractivity contribution is 7.92. The lowest BCUT2D eigenvalue weighted by molar-refractivity contribution is -0.139. The van der Waals surface area contributed by atoms with Gasteiger partial charge in [-0.05, 0) is 68.7 Å². The molecule has 0 saturated heterocycles. The highest BCUT2D eigenvalue weighted by Gasteiger charge is 2.33. The molecule has 1 atom stereocenters. The Morgan fingerprint density at radius 3 is 2.17 bits per heavy atom. The van der Waals surface area contributed by atoms with Gasteiger partial charge < -0.3 is 15.0 Å². The van der Waals surface area contributed by atoms with Crippen molar-refractivity contribution in [3.63, 3.8) is 0 Å². The zero-order valence-electron chi connectivity index (χ0n) is 24.0. The first-order valence-corrected chi connectivity index (χ1v) is 15.5. The van der Waals surface area contributed by atoms with Crippen molar-refractivity contribution in [2.45, 2.75) is 69.5 Å². The Balaban J connectivity index is 1.66. The first-order valence-electron chi connectivity index (χ1n) is 14.1. The number of carbonyl (C=O) groups is 2. The molecule has 0 aromatic heterocycles. The topological polar surface area (TPSA) is 96.0 Å². The quantitative estimate of drug-likeness (QED) is 0.344. The van der Waals surface area contributed by atoms with E-state index in [0.717, 1.165) is 47.5 Å². The van der Waals surface area contributed by atoms with Crippen LogP contribution >= 0.6 is 0 Å². The molecule has 2 amide bonds. The second-order valence-corrected chi connectivity index (χ2v) is 12.4. The molecule has 1 N–H and O–H groups in total. The minimum Gasteiger partial charge on any atom is -0.497 e. The molecule has 0 heterocycles. The predicted octanol–water partition coefficient (Wildman–Crippen LogP) is 5.07. The van der Waals surface area contributed by atoms with E-state index >= 15 is 0 Å². The van der Waals surface area contributed by atoms with Gasteiger partial charge in [-0.25, -0.2) is 8.42 Å². The third-order valence-corrected chi connectivity index (χ3v) is 9.35. The van der Waals surface area contributed by atoms with E-state index in [2.05, 4.69) is 5.32 Å². The van der Waals surface area contributed by atoms with Crippen LogP contribution in [0, 0.1) is 6.92 Å². The normalized spacial score (nSPS) is 14.6. The van der Waals surface area contributed by atoms with Crippen LogP contribution in [0.15, 0.2) is 83.8 Å². The van der Waals surface area contributed by atoms with Gasteiger partial charge in [0.15, 0.2) is 0 Å². The Labute approximate surface area is 243 Å². The average molecular weight is 578 g/mol. The fourth-order valence-electron chi connectivity index (χ4n) is 5.05. The van der Waals surface area contributed by atoms with E-state index in [1.54, 1.807) is 43.3 Å². The van der Waals surface area contributed by atoms with Gasteiger partial charge in [-0.15, -0.1) is 0 Å². The van der Waals surface area contributed by atoms with Gasteiger partial charge in [-0.3, -0.25) is 13.9 Å².